The lowest BCUT2D eigenvalue weighted by molar-refractivity contribution is -0.384. The first-order valence-corrected chi connectivity index (χ1v) is 8.68. The number of aryl methyl sites for hydroxylation is 1. The third-order valence-corrected chi connectivity index (χ3v) is 5.27. The average Bonchev–Trinajstić information content (AvgIpc) is 2.59. The Morgan fingerprint density at radius 1 is 1.38 bits per heavy atom. The van der Waals surface area contributed by atoms with Gasteiger partial charge in [-0.1, -0.05) is 32.9 Å². The van der Waals surface area contributed by atoms with Crippen LogP contribution >= 0.6 is 0 Å². The highest BCUT2D eigenvalue weighted by Gasteiger charge is 2.32. The van der Waals surface area contributed by atoms with E-state index in [1.165, 1.54) is 12.1 Å². The van der Waals surface area contributed by atoms with Crippen LogP contribution in [0.1, 0.15) is 44.0 Å². The number of hydrogen-bond acceptors (Lipinski definition) is 5. The Kier molecular flexibility index (Phi) is 4.41. The van der Waals surface area contributed by atoms with E-state index in [1.807, 2.05) is 0 Å². The number of pyridine rings is 1. The molecule has 0 aliphatic heterocycles. The van der Waals surface area contributed by atoms with Gasteiger partial charge in [-0.25, -0.2) is 4.98 Å². The van der Waals surface area contributed by atoms with Gasteiger partial charge in [-0.05, 0) is 41.7 Å². The Morgan fingerprint density at radius 3 is 2.73 bits per heavy atom. The van der Waals surface area contributed by atoms with Gasteiger partial charge in [-0.3, -0.25) is 10.1 Å². The van der Waals surface area contributed by atoms with Crippen molar-refractivity contribution in [2.24, 2.45) is 11.3 Å². The number of rotatable bonds is 2. The molecule has 2 N–H and O–H groups in total. The minimum absolute atomic E-state index is 0.00120. The lowest BCUT2D eigenvalue weighted by atomic mass is 9.70. The third-order valence-electron chi connectivity index (χ3n) is 5.27. The monoisotopic (exact) mass is 350 g/mol. The zero-order chi connectivity index (χ0) is 19.1. The van der Waals surface area contributed by atoms with Crippen LogP contribution in [-0.4, -0.2) is 9.91 Å². The number of anilines is 1. The summed E-state index contributed by atoms with van der Waals surface area (Å²) in [4.78, 5) is 15.2. The number of nitro benzene ring substituents is 1. The Balaban J connectivity index is 2.25. The van der Waals surface area contributed by atoms with Gasteiger partial charge in [0.15, 0.2) is 0 Å². The van der Waals surface area contributed by atoms with Gasteiger partial charge in [0.2, 0.25) is 0 Å². The van der Waals surface area contributed by atoms with Crippen LogP contribution in [0.4, 0.5) is 11.5 Å². The molecule has 2 aromatic rings. The third kappa shape index (κ3) is 3.13. The molecule has 0 saturated heterocycles. The molecule has 134 valence electrons. The van der Waals surface area contributed by atoms with Crippen molar-refractivity contribution in [2.45, 2.75) is 40.0 Å². The highest BCUT2D eigenvalue weighted by Crippen LogP contribution is 2.42. The topological polar surface area (TPSA) is 106 Å². The normalized spacial score (nSPS) is 16.6. The van der Waals surface area contributed by atoms with E-state index in [4.69, 9.17) is 5.73 Å². The fraction of sp³-hybridized carbons (Fsp3) is 0.400. The number of nitrogen functional groups attached to an aromatic ring is 1. The molecule has 1 aromatic heterocycles. The number of benzene rings is 1. The second kappa shape index (κ2) is 6.41. The van der Waals surface area contributed by atoms with Crippen molar-refractivity contribution in [1.82, 2.24) is 4.98 Å². The van der Waals surface area contributed by atoms with Crippen LogP contribution in [0, 0.1) is 32.8 Å². The quantitative estimate of drug-likeness (QED) is 0.643. The molecule has 0 saturated carbocycles. The zero-order valence-electron chi connectivity index (χ0n) is 15.2. The minimum Gasteiger partial charge on any atom is -0.383 e. The van der Waals surface area contributed by atoms with E-state index in [-0.39, 0.29) is 16.9 Å². The van der Waals surface area contributed by atoms with Gasteiger partial charge < -0.3 is 5.73 Å². The number of nitrogens with zero attached hydrogens (tertiary/aromatic N) is 3. The molecule has 1 unspecified atom stereocenters. The maximum Gasteiger partial charge on any atom is 0.270 e. The molecule has 1 aromatic carbocycles. The summed E-state index contributed by atoms with van der Waals surface area (Å²) in [6.45, 7) is 6.64. The maximum absolute atomic E-state index is 11.2. The number of nitriles is 1. The Morgan fingerprint density at radius 2 is 2.12 bits per heavy atom. The molecule has 0 spiro atoms. The van der Waals surface area contributed by atoms with Crippen LogP contribution in [-0.2, 0) is 12.8 Å². The molecular formula is C20H22N4O2. The second-order valence-electron chi connectivity index (χ2n) is 7.90. The van der Waals surface area contributed by atoms with Crippen molar-refractivity contribution in [3.05, 3.63) is 51.2 Å². The predicted octanol–water partition coefficient (Wildman–Crippen LogP) is 4.26. The summed E-state index contributed by atoms with van der Waals surface area (Å²) >= 11 is 0. The second-order valence-corrected chi connectivity index (χ2v) is 7.90. The summed E-state index contributed by atoms with van der Waals surface area (Å²) < 4.78 is 0. The molecule has 1 aliphatic rings. The molecular weight excluding hydrogens is 328 g/mol. The van der Waals surface area contributed by atoms with Crippen molar-refractivity contribution in [3.63, 3.8) is 0 Å². The zero-order valence-corrected chi connectivity index (χ0v) is 15.2. The number of nitro groups is 1. The van der Waals surface area contributed by atoms with E-state index in [1.54, 1.807) is 12.1 Å². The van der Waals surface area contributed by atoms with Crippen molar-refractivity contribution >= 4 is 11.5 Å². The van der Waals surface area contributed by atoms with E-state index in [9.17, 15) is 15.4 Å². The first kappa shape index (κ1) is 17.9. The molecule has 0 amide bonds. The number of hydrogen-bond donors (Lipinski definition) is 1. The van der Waals surface area contributed by atoms with Crippen molar-refractivity contribution in [3.8, 4) is 17.2 Å². The first-order valence-electron chi connectivity index (χ1n) is 8.68. The molecule has 3 rings (SSSR count). The largest absolute Gasteiger partial charge is 0.383 e. The first-order chi connectivity index (χ1) is 12.2. The Hall–Kier alpha value is -2.94. The van der Waals surface area contributed by atoms with Gasteiger partial charge in [0, 0.05) is 23.4 Å². The molecule has 1 heterocycles. The molecule has 1 atom stereocenters. The number of nitrogens with two attached hydrogens (primary N) is 1. The number of non-ortho nitro benzene ring substituents is 1. The Bertz CT molecular complexity index is 923. The van der Waals surface area contributed by atoms with E-state index >= 15 is 0 Å². The number of fused-ring (bicyclic) bond motifs is 1. The minimum atomic E-state index is -0.426. The summed E-state index contributed by atoms with van der Waals surface area (Å²) in [7, 11) is 0. The highest BCUT2D eigenvalue weighted by molar-refractivity contribution is 5.80. The van der Waals surface area contributed by atoms with Gasteiger partial charge in [0.1, 0.15) is 17.5 Å². The summed E-state index contributed by atoms with van der Waals surface area (Å²) in [6, 6.07) is 8.55. The van der Waals surface area contributed by atoms with Crippen LogP contribution in [0.15, 0.2) is 24.3 Å². The van der Waals surface area contributed by atoms with E-state index in [2.05, 4.69) is 31.8 Å². The average molecular weight is 350 g/mol. The van der Waals surface area contributed by atoms with Crippen LogP contribution in [0.5, 0.6) is 0 Å². The summed E-state index contributed by atoms with van der Waals surface area (Å²) in [5.41, 5.74) is 9.74. The molecule has 6 nitrogen and oxygen atoms in total. The fourth-order valence-electron chi connectivity index (χ4n) is 3.72. The predicted molar refractivity (Wildman–Crippen MR) is 100 cm³/mol. The Labute approximate surface area is 152 Å². The van der Waals surface area contributed by atoms with Crippen LogP contribution in [0.25, 0.3) is 11.1 Å². The highest BCUT2D eigenvalue weighted by atomic mass is 16.6. The van der Waals surface area contributed by atoms with Crippen molar-refractivity contribution < 1.29 is 4.92 Å². The van der Waals surface area contributed by atoms with E-state index < -0.39 is 4.92 Å². The molecule has 26 heavy (non-hydrogen) atoms. The fourth-order valence-corrected chi connectivity index (χ4v) is 3.72. The van der Waals surface area contributed by atoms with Gasteiger partial charge >= 0.3 is 0 Å². The molecule has 1 aliphatic carbocycles. The molecule has 0 radical (unpaired) electrons. The van der Waals surface area contributed by atoms with Gasteiger partial charge in [-0.15, -0.1) is 0 Å². The lowest BCUT2D eigenvalue weighted by Crippen LogP contribution is -2.28. The van der Waals surface area contributed by atoms with Gasteiger partial charge in [0.25, 0.3) is 5.69 Å². The van der Waals surface area contributed by atoms with Gasteiger partial charge in [0.05, 0.1) is 4.92 Å². The van der Waals surface area contributed by atoms with Crippen LogP contribution in [0.2, 0.25) is 0 Å². The van der Waals surface area contributed by atoms with E-state index in [0.29, 0.717) is 22.6 Å². The molecule has 0 fully saturated rings. The standard InChI is InChI=1S/C20H22N4O2/c1-20(2,3)13-7-8-17-15(10-13)18(16(11-21)19(22)23-17)12-5-4-6-14(9-12)24(25)26/h4-6,9,13H,7-8,10H2,1-3H3,(H2,22,23). The van der Waals surface area contributed by atoms with Crippen LogP contribution < -0.4 is 5.73 Å². The summed E-state index contributed by atoms with van der Waals surface area (Å²) in [5, 5.41) is 20.8. The summed E-state index contributed by atoms with van der Waals surface area (Å²) in [6.07, 6.45) is 2.61. The van der Waals surface area contributed by atoms with Crippen molar-refractivity contribution in [2.75, 3.05) is 5.73 Å². The smallest absolute Gasteiger partial charge is 0.270 e. The number of aromatic nitrogens is 1. The molecule has 6 heteroatoms. The summed E-state index contributed by atoms with van der Waals surface area (Å²) in [5.74, 6) is 0.645. The SMILES string of the molecule is CC(C)(C)C1CCc2nc(N)c(C#N)c(-c3cccc([N+](=O)[O-])c3)c2C1. The van der Waals surface area contributed by atoms with Gasteiger partial charge in [-0.2, -0.15) is 5.26 Å². The lowest BCUT2D eigenvalue weighted by Gasteiger charge is -2.35. The van der Waals surface area contributed by atoms with E-state index in [0.717, 1.165) is 30.5 Å². The van der Waals surface area contributed by atoms with Crippen LogP contribution in [0.3, 0.4) is 0 Å². The van der Waals surface area contributed by atoms with Crippen molar-refractivity contribution in [1.29, 1.82) is 5.26 Å². The molecule has 0 bridgehead atoms. The maximum atomic E-state index is 11.2.